The van der Waals surface area contributed by atoms with Crippen LogP contribution < -0.4 is 0 Å². The van der Waals surface area contributed by atoms with Crippen molar-refractivity contribution in [1.29, 1.82) is 0 Å². The Bertz CT molecular complexity index is 1350. The minimum Gasteiger partial charge on any atom is -0.563 e. The first kappa shape index (κ1) is 17.5. The Labute approximate surface area is 170 Å². The summed E-state index contributed by atoms with van der Waals surface area (Å²) in [6, 6.07) is 28.3. The zero-order chi connectivity index (χ0) is 19.8. The molecule has 0 aromatic heterocycles. The van der Waals surface area contributed by atoms with Crippen molar-refractivity contribution < 1.29 is 9.45 Å². The molecule has 0 aliphatic carbocycles. The monoisotopic (exact) mass is 373 g/mol. The number of carbonyl (C=O) groups is 1. The Balaban J connectivity index is 1.75. The second kappa shape index (κ2) is 7.10. The molecule has 2 nitrogen and oxygen atoms in total. The number of rotatable bonds is 5. The predicted molar refractivity (Wildman–Crippen MR) is 122 cm³/mol. The lowest BCUT2D eigenvalue weighted by molar-refractivity contribution is 0.104. The van der Waals surface area contributed by atoms with Crippen LogP contribution in [0.4, 0.5) is 0 Å². The van der Waals surface area contributed by atoms with E-state index in [1.807, 2.05) is 43.2 Å². The van der Waals surface area contributed by atoms with Crippen LogP contribution in [0.3, 0.4) is 0 Å². The third kappa shape index (κ3) is 2.96. The summed E-state index contributed by atoms with van der Waals surface area (Å²) in [5.41, 5.74) is 1.56. The smallest absolute Gasteiger partial charge is 0.366 e. The van der Waals surface area contributed by atoms with E-state index >= 15 is 0 Å². The topological polar surface area (TPSA) is 26.3 Å². The molecule has 0 saturated heterocycles. The molecule has 5 aromatic carbocycles. The highest BCUT2D eigenvalue weighted by atomic mass is 16.4. The summed E-state index contributed by atoms with van der Waals surface area (Å²) in [7, 11) is 1.61. The van der Waals surface area contributed by atoms with Gasteiger partial charge in [0.2, 0.25) is 0 Å². The van der Waals surface area contributed by atoms with Crippen molar-refractivity contribution in [2.45, 2.75) is 6.82 Å². The maximum absolute atomic E-state index is 12.8. The normalized spacial score (nSPS) is 12.0. The van der Waals surface area contributed by atoms with Crippen molar-refractivity contribution in [3.63, 3.8) is 0 Å². The van der Waals surface area contributed by atoms with E-state index in [1.54, 1.807) is 13.6 Å². The molecule has 0 N–H and O–H groups in total. The third-order valence-electron chi connectivity index (χ3n) is 5.36. The van der Waals surface area contributed by atoms with Gasteiger partial charge < -0.3 is 4.65 Å². The summed E-state index contributed by atoms with van der Waals surface area (Å²) in [6.07, 6.45) is 1.58. The van der Waals surface area contributed by atoms with Crippen LogP contribution in [-0.2, 0) is 4.65 Å². The van der Waals surface area contributed by atoms with Gasteiger partial charge >= 0.3 is 7.48 Å². The fraction of sp³-hybridized carbons (Fsp3) is 0.0385. The highest BCUT2D eigenvalue weighted by Gasteiger charge is 2.15. The van der Waals surface area contributed by atoms with E-state index in [1.165, 1.54) is 26.9 Å². The molecule has 137 valence electrons. The van der Waals surface area contributed by atoms with Crippen LogP contribution >= 0.6 is 0 Å². The number of hydrogen-bond donors (Lipinski definition) is 0. The maximum Gasteiger partial charge on any atom is 0.366 e. The first-order valence-corrected chi connectivity index (χ1v) is 9.69. The summed E-state index contributed by atoms with van der Waals surface area (Å²) in [5, 5.41) is 7.15. The standard InChI is InChI=1S/C26H18BO2/c1-27-29-24(16-23(28)17-6-3-2-4-7-17)21-14-12-20-11-10-18-8-5-9-19-13-15-22(21)26(20)25(18)19/h2-16H,1H3/b24-16-. The van der Waals surface area contributed by atoms with Crippen molar-refractivity contribution in [2.75, 3.05) is 0 Å². The summed E-state index contributed by atoms with van der Waals surface area (Å²) in [5.74, 6) is 0.479. The molecule has 0 saturated carbocycles. The van der Waals surface area contributed by atoms with E-state index in [4.69, 9.17) is 4.65 Å². The molecule has 0 aliphatic heterocycles. The van der Waals surface area contributed by atoms with Crippen molar-refractivity contribution in [3.8, 4) is 0 Å². The molecule has 0 fully saturated rings. The Hall–Kier alpha value is -3.59. The minimum absolute atomic E-state index is 0.0758. The molecule has 0 aliphatic rings. The molecule has 0 unspecified atom stereocenters. The molecule has 1 radical (unpaired) electrons. The molecule has 0 bridgehead atoms. The molecule has 5 aromatic rings. The average molecular weight is 373 g/mol. The van der Waals surface area contributed by atoms with Gasteiger partial charge in [0.25, 0.3) is 0 Å². The van der Waals surface area contributed by atoms with E-state index < -0.39 is 0 Å². The minimum atomic E-state index is -0.0758. The van der Waals surface area contributed by atoms with Gasteiger partial charge in [-0.3, -0.25) is 4.79 Å². The van der Waals surface area contributed by atoms with E-state index in [0.29, 0.717) is 11.3 Å². The number of carbonyl (C=O) groups excluding carboxylic acids is 1. The van der Waals surface area contributed by atoms with Gasteiger partial charge in [0.05, 0.1) is 0 Å². The number of benzene rings is 5. The van der Waals surface area contributed by atoms with Crippen LogP contribution in [0.1, 0.15) is 15.9 Å². The van der Waals surface area contributed by atoms with Crippen LogP contribution in [0, 0.1) is 0 Å². The number of allylic oxidation sites excluding steroid dienone is 1. The SMILES string of the molecule is C[B]O/C(=C\C(=O)c1ccccc1)c1ccc2ccc3cccc4ccc1c2c34. The summed E-state index contributed by atoms with van der Waals surface area (Å²) in [4.78, 5) is 12.8. The van der Waals surface area contributed by atoms with Gasteiger partial charge in [-0.1, -0.05) is 91.8 Å². The first-order chi connectivity index (χ1) is 14.3. The van der Waals surface area contributed by atoms with Gasteiger partial charge in [-0.25, -0.2) is 0 Å². The van der Waals surface area contributed by atoms with Gasteiger partial charge in [0.1, 0.15) is 5.76 Å². The fourth-order valence-corrected chi connectivity index (χ4v) is 4.06. The van der Waals surface area contributed by atoms with Crippen molar-refractivity contribution in [2.24, 2.45) is 0 Å². The fourth-order valence-electron chi connectivity index (χ4n) is 4.06. The van der Waals surface area contributed by atoms with Crippen molar-refractivity contribution in [1.82, 2.24) is 0 Å². The Kier molecular flexibility index (Phi) is 4.29. The Morgan fingerprint density at radius 1 is 0.759 bits per heavy atom. The van der Waals surface area contributed by atoms with E-state index in [0.717, 1.165) is 10.9 Å². The Morgan fingerprint density at radius 2 is 1.41 bits per heavy atom. The van der Waals surface area contributed by atoms with Crippen LogP contribution in [0.25, 0.3) is 38.1 Å². The molecule has 29 heavy (non-hydrogen) atoms. The van der Waals surface area contributed by atoms with Gasteiger partial charge in [0.15, 0.2) is 5.78 Å². The first-order valence-electron chi connectivity index (χ1n) is 9.69. The van der Waals surface area contributed by atoms with Gasteiger partial charge in [0, 0.05) is 17.2 Å². The zero-order valence-electron chi connectivity index (χ0n) is 16.1. The lowest BCUT2D eigenvalue weighted by atomic mass is 9.91. The molecule has 0 spiro atoms. The predicted octanol–water partition coefficient (Wildman–Crippen LogP) is 6.49. The van der Waals surface area contributed by atoms with Crippen molar-refractivity contribution in [3.05, 3.63) is 102 Å². The lowest BCUT2D eigenvalue weighted by Crippen LogP contribution is -2.01. The second-order valence-electron chi connectivity index (χ2n) is 7.06. The van der Waals surface area contributed by atoms with Crippen LogP contribution in [0.15, 0.2) is 91.0 Å². The van der Waals surface area contributed by atoms with Gasteiger partial charge in [-0.05, 0) is 32.3 Å². The van der Waals surface area contributed by atoms with Gasteiger partial charge in [-0.15, -0.1) is 0 Å². The summed E-state index contributed by atoms with van der Waals surface area (Å²) < 4.78 is 5.83. The summed E-state index contributed by atoms with van der Waals surface area (Å²) in [6.45, 7) is 1.82. The summed E-state index contributed by atoms with van der Waals surface area (Å²) >= 11 is 0. The highest BCUT2D eigenvalue weighted by Crippen LogP contribution is 2.38. The Morgan fingerprint density at radius 3 is 2.14 bits per heavy atom. The number of hydrogen-bond acceptors (Lipinski definition) is 2. The molecule has 0 heterocycles. The van der Waals surface area contributed by atoms with Crippen LogP contribution in [0.2, 0.25) is 6.82 Å². The second-order valence-corrected chi connectivity index (χ2v) is 7.06. The van der Waals surface area contributed by atoms with Crippen LogP contribution in [-0.4, -0.2) is 13.3 Å². The quantitative estimate of drug-likeness (QED) is 0.116. The molecular weight excluding hydrogens is 355 g/mol. The lowest BCUT2D eigenvalue weighted by Gasteiger charge is -2.16. The van der Waals surface area contributed by atoms with E-state index in [9.17, 15) is 4.79 Å². The van der Waals surface area contributed by atoms with Gasteiger partial charge in [-0.2, -0.15) is 0 Å². The maximum atomic E-state index is 12.8. The molecule has 0 amide bonds. The number of ketones is 1. The average Bonchev–Trinajstić information content (AvgIpc) is 2.77. The van der Waals surface area contributed by atoms with E-state index in [-0.39, 0.29) is 5.78 Å². The van der Waals surface area contributed by atoms with Crippen LogP contribution in [0.5, 0.6) is 0 Å². The zero-order valence-corrected chi connectivity index (χ0v) is 16.1. The molecular formula is C26H18BO2. The highest BCUT2D eigenvalue weighted by molar-refractivity contribution is 6.28. The molecule has 5 rings (SSSR count). The third-order valence-corrected chi connectivity index (χ3v) is 5.36. The van der Waals surface area contributed by atoms with E-state index in [2.05, 4.69) is 48.5 Å². The van der Waals surface area contributed by atoms with Crippen molar-refractivity contribution >= 4 is 51.3 Å². The molecule has 0 atom stereocenters. The molecule has 3 heteroatoms. The largest absolute Gasteiger partial charge is 0.563 e.